The van der Waals surface area contributed by atoms with Gasteiger partial charge in [0, 0.05) is 19.5 Å². The predicted molar refractivity (Wildman–Crippen MR) is 137 cm³/mol. The average molecular weight is 515 g/mol. The molecule has 1 aromatic rings. The first-order valence-corrected chi connectivity index (χ1v) is 12.9. The second-order valence-electron chi connectivity index (χ2n) is 7.76. The van der Waals surface area contributed by atoms with Crippen LogP contribution in [0.25, 0.3) is 0 Å². The molecule has 0 atom stereocenters. The molecule has 0 saturated heterocycles. The standard InChI is InChI=1S/C26H46N2O8/c27-9-11-30-13-15-32-17-19-34-21-23-36-24-22-35-20-18-33-16-14-31-12-10-28-26(29)8-4-7-25-5-2-1-3-6-25/h1-3,5-6H,4,7-24,27H2,(H,28,29). The fraction of sp³-hybridized carbons (Fsp3) is 0.731. The minimum atomic E-state index is 0.0604. The van der Waals surface area contributed by atoms with Crippen molar-refractivity contribution < 1.29 is 38.0 Å². The number of nitrogens with one attached hydrogen (secondary N) is 1. The summed E-state index contributed by atoms with van der Waals surface area (Å²) in [5.74, 6) is 0.0604. The quantitative estimate of drug-likeness (QED) is 0.167. The average Bonchev–Trinajstić information content (AvgIpc) is 2.89. The molecule has 0 aliphatic heterocycles. The zero-order chi connectivity index (χ0) is 25.8. The van der Waals surface area contributed by atoms with Crippen molar-refractivity contribution in [2.75, 3.05) is 106 Å². The van der Waals surface area contributed by atoms with Gasteiger partial charge in [0.1, 0.15) is 0 Å². The number of ether oxygens (including phenoxy) is 7. The molecule has 1 amide bonds. The van der Waals surface area contributed by atoms with E-state index in [4.69, 9.17) is 38.9 Å². The number of nitrogens with two attached hydrogens (primary N) is 1. The van der Waals surface area contributed by atoms with Gasteiger partial charge >= 0.3 is 0 Å². The molecule has 10 nitrogen and oxygen atoms in total. The predicted octanol–water partition coefficient (Wildman–Crippen LogP) is 1.20. The van der Waals surface area contributed by atoms with Crippen molar-refractivity contribution in [3.05, 3.63) is 35.9 Å². The van der Waals surface area contributed by atoms with Crippen molar-refractivity contribution in [2.45, 2.75) is 19.3 Å². The van der Waals surface area contributed by atoms with Crippen LogP contribution in [0.2, 0.25) is 0 Å². The van der Waals surface area contributed by atoms with Crippen molar-refractivity contribution in [3.8, 4) is 0 Å². The summed E-state index contributed by atoms with van der Waals surface area (Å²) in [5, 5.41) is 2.87. The van der Waals surface area contributed by atoms with Crippen LogP contribution in [0, 0.1) is 0 Å². The van der Waals surface area contributed by atoms with Gasteiger partial charge in [-0.1, -0.05) is 30.3 Å². The largest absolute Gasteiger partial charge is 0.378 e. The SMILES string of the molecule is NCCOCCOCCOCCOCCOCCOCCOCCNC(=O)CCCc1ccccc1. The number of rotatable bonds is 27. The number of aryl methyl sites for hydroxylation is 1. The van der Waals surface area contributed by atoms with Crippen molar-refractivity contribution in [1.82, 2.24) is 5.32 Å². The first kappa shape index (κ1) is 32.4. The molecule has 0 heterocycles. The third-order valence-corrected chi connectivity index (χ3v) is 4.77. The highest BCUT2D eigenvalue weighted by Gasteiger charge is 2.01. The Morgan fingerprint density at radius 3 is 1.47 bits per heavy atom. The Balaban J connectivity index is 1.68. The topological polar surface area (TPSA) is 120 Å². The van der Waals surface area contributed by atoms with Crippen LogP contribution in [-0.4, -0.2) is 111 Å². The van der Waals surface area contributed by atoms with E-state index in [0.29, 0.717) is 112 Å². The number of carbonyl (C=O) groups is 1. The van der Waals surface area contributed by atoms with E-state index in [9.17, 15) is 4.79 Å². The third-order valence-electron chi connectivity index (χ3n) is 4.77. The molecule has 0 aromatic heterocycles. The molecule has 0 fully saturated rings. The van der Waals surface area contributed by atoms with Crippen LogP contribution >= 0.6 is 0 Å². The Hall–Kier alpha value is -1.63. The summed E-state index contributed by atoms with van der Waals surface area (Å²) in [6.07, 6.45) is 2.29. The van der Waals surface area contributed by atoms with E-state index >= 15 is 0 Å². The van der Waals surface area contributed by atoms with E-state index < -0.39 is 0 Å². The van der Waals surface area contributed by atoms with Gasteiger partial charge in [0.05, 0.1) is 92.5 Å². The first-order valence-electron chi connectivity index (χ1n) is 12.9. The molecular formula is C26H46N2O8. The van der Waals surface area contributed by atoms with Crippen LogP contribution in [0.1, 0.15) is 18.4 Å². The van der Waals surface area contributed by atoms with Gasteiger partial charge in [0.2, 0.25) is 5.91 Å². The molecule has 0 radical (unpaired) electrons. The van der Waals surface area contributed by atoms with Gasteiger partial charge in [-0.15, -0.1) is 0 Å². The first-order chi connectivity index (χ1) is 17.8. The molecule has 0 aliphatic carbocycles. The molecule has 36 heavy (non-hydrogen) atoms. The lowest BCUT2D eigenvalue weighted by molar-refractivity contribution is -0.121. The molecule has 0 unspecified atom stereocenters. The maximum atomic E-state index is 11.8. The molecule has 1 aromatic carbocycles. The Bertz CT molecular complexity index is 595. The molecule has 3 N–H and O–H groups in total. The normalized spacial score (nSPS) is 11.1. The summed E-state index contributed by atoms with van der Waals surface area (Å²) >= 11 is 0. The molecule has 0 saturated carbocycles. The van der Waals surface area contributed by atoms with Crippen LogP contribution in [-0.2, 0) is 44.4 Å². The van der Waals surface area contributed by atoms with E-state index in [1.165, 1.54) is 5.56 Å². The Kier molecular flexibility index (Phi) is 23.8. The van der Waals surface area contributed by atoms with Gasteiger partial charge in [-0.3, -0.25) is 4.79 Å². The number of carbonyl (C=O) groups excluding carboxylic acids is 1. The van der Waals surface area contributed by atoms with Gasteiger partial charge in [0.15, 0.2) is 0 Å². The van der Waals surface area contributed by atoms with E-state index in [2.05, 4.69) is 17.4 Å². The Morgan fingerprint density at radius 1 is 0.611 bits per heavy atom. The lowest BCUT2D eigenvalue weighted by atomic mass is 10.1. The summed E-state index contributed by atoms with van der Waals surface area (Å²) < 4.78 is 37.7. The fourth-order valence-electron chi connectivity index (χ4n) is 2.95. The Labute approximate surface area is 216 Å². The maximum Gasteiger partial charge on any atom is 0.220 e. The van der Waals surface area contributed by atoms with E-state index in [1.54, 1.807) is 0 Å². The highest BCUT2D eigenvalue weighted by Crippen LogP contribution is 2.04. The van der Waals surface area contributed by atoms with E-state index in [1.807, 2.05) is 18.2 Å². The molecule has 10 heteroatoms. The van der Waals surface area contributed by atoms with Crippen molar-refractivity contribution in [2.24, 2.45) is 5.73 Å². The van der Waals surface area contributed by atoms with Crippen molar-refractivity contribution in [1.29, 1.82) is 0 Å². The maximum absolute atomic E-state index is 11.8. The fourth-order valence-corrected chi connectivity index (χ4v) is 2.95. The lowest BCUT2D eigenvalue weighted by Gasteiger charge is -2.09. The van der Waals surface area contributed by atoms with Crippen LogP contribution in [0.3, 0.4) is 0 Å². The van der Waals surface area contributed by atoms with Gasteiger partial charge < -0.3 is 44.2 Å². The van der Waals surface area contributed by atoms with Gasteiger partial charge in [-0.25, -0.2) is 0 Å². The van der Waals surface area contributed by atoms with Gasteiger partial charge in [-0.2, -0.15) is 0 Å². The van der Waals surface area contributed by atoms with E-state index in [-0.39, 0.29) is 5.91 Å². The highest BCUT2D eigenvalue weighted by atomic mass is 16.6. The number of hydrogen-bond donors (Lipinski definition) is 2. The van der Waals surface area contributed by atoms with Gasteiger partial charge in [-0.05, 0) is 18.4 Å². The minimum absolute atomic E-state index is 0.0604. The highest BCUT2D eigenvalue weighted by molar-refractivity contribution is 5.75. The summed E-state index contributed by atoms with van der Waals surface area (Å²) in [5.41, 5.74) is 6.58. The monoisotopic (exact) mass is 514 g/mol. The number of hydrogen-bond acceptors (Lipinski definition) is 9. The summed E-state index contributed by atoms with van der Waals surface area (Å²) in [6.45, 7) is 8.28. The summed E-state index contributed by atoms with van der Waals surface area (Å²) in [6, 6.07) is 10.2. The molecule has 208 valence electrons. The molecular weight excluding hydrogens is 468 g/mol. The number of amides is 1. The molecule has 1 rings (SSSR count). The zero-order valence-corrected chi connectivity index (χ0v) is 21.7. The smallest absolute Gasteiger partial charge is 0.220 e. The number of benzene rings is 1. The Morgan fingerprint density at radius 2 is 1.03 bits per heavy atom. The van der Waals surface area contributed by atoms with Crippen LogP contribution in [0.5, 0.6) is 0 Å². The third kappa shape index (κ3) is 22.8. The molecule has 0 aliphatic rings. The molecule has 0 spiro atoms. The van der Waals surface area contributed by atoms with Crippen LogP contribution in [0.4, 0.5) is 0 Å². The lowest BCUT2D eigenvalue weighted by Crippen LogP contribution is -2.27. The van der Waals surface area contributed by atoms with Crippen molar-refractivity contribution in [3.63, 3.8) is 0 Å². The molecule has 0 bridgehead atoms. The second-order valence-corrected chi connectivity index (χ2v) is 7.76. The van der Waals surface area contributed by atoms with Crippen LogP contribution < -0.4 is 11.1 Å². The van der Waals surface area contributed by atoms with Crippen molar-refractivity contribution >= 4 is 5.91 Å². The summed E-state index contributed by atoms with van der Waals surface area (Å²) in [4.78, 5) is 11.8. The zero-order valence-electron chi connectivity index (χ0n) is 21.7. The van der Waals surface area contributed by atoms with Crippen LogP contribution in [0.15, 0.2) is 30.3 Å². The second kappa shape index (κ2) is 26.4. The van der Waals surface area contributed by atoms with Gasteiger partial charge in [0.25, 0.3) is 0 Å². The summed E-state index contributed by atoms with van der Waals surface area (Å²) in [7, 11) is 0. The minimum Gasteiger partial charge on any atom is -0.378 e. The van der Waals surface area contributed by atoms with E-state index in [0.717, 1.165) is 12.8 Å².